The lowest BCUT2D eigenvalue weighted by Gasteiger charge is -2.08. The zero-order chi connectivity index (χ0) is 17.1. The van der Waals surface area contributed by atoms with Gasteiger partial charge >= 0.3 is 5.69 Å². The Morgan fingerprint density at radius 3 is 2.62 bits per heavy atom. The smallest absolute Gasteiger partial charge is 0.325 e. The third-order valence-corrected chi connectivity index (χ3v) is 4.24. The molecule has 2 aromatic heterocycles. The molecule has 0 spiro atoms. The van der Waals surface area contributed by atoms with Gasteiger partial charge in [0.2, 0.25) is 5.91 Å². The molecule has 7 nitrogen and oxygen atoms in total. The lowest BCUT2D eigenvalue weighted by Crippen LogP contribution is -2.38. The zero-order valence-corrected chi connectivity index (χ0v) is 13.6. The quantitative estimate of drug-likeness (QED) is 0.774. The van der Waals surface area contributed by atoms with Gasteiger partial charge in [-0.2, -0.15) is 0 Å². The molecule has 2 heterocycles. The number of thiazole rings is 1. The number of nitrogens with one attached hydrogen (secondary N) is 1. The van der Waals surface area contributed by atoms with Gasteiger partial charge in [-0.05, 0) is 24.3 Å². The molecule has 0 radical (unpaired) electrons. The number of hydrogen-bond acceptors (Lipinski definition) is 5. The van der Waals surface area contributed by atoms with Crippen LogP contribution in [-0.2, 0) is 18.4 Å². The summed E-state index contributed by atoms with van der Waals surface area (Å²) in [6.45, 7) is -0.165. The van der Waals surface area contributed by atoms with Crippen LogP contribution < -0.4 is 16.6 Å². The summed E-state index contributed by atoms with van der Waals surface area (Å²) in [6.07, 6.45) is 3.05. The molecule has 122 valence electrons. The van der Waals surface area contributed by atoms with E-state index in [2.05, 4.69) is 10.3 Å². The summed E-state index contributed by atoms with van der Waals surface area (Å²) < 4.78 is 2.14. The van der Waals surface area contributed by atoms with Gasteiger partial charge in [-0.3, -0.25) is 18.7 Å². The van der Waals surface area contributed by atoms with E-state index in [1.807, 2.05) is 17.5 Å². The molecule has 0 aliphatic heterocycles. The van der Waals surface area contributed by atoms with Crippen molar-refractivity contribution in [2.24, 2.45) is 7.05 Å². The Labute approximate surface area is 140 Å². The standard InChI is InChI=1S/C16H14N4O3S/c1-19-14(22)6-8-20(16(19)23)10-13(21)18-12-4-2-11(3-5-12)15-17-7-9-24-15/h2-9H,10H2,1H3,(H,18,21). The first-order valence-electron chi connectivity index (χ1n) is 7.11. The Morgan fingerprint density at radius 2 is 1.96 bits per heavy atom. The van der Waals surface area contributed by atoms with Crippen LogP contribution in [-0.4, -0.2) is 20.0 Å². The molecule has 1 aromatic carbocycles. The molecular weight excluding hydrogens is 328 g/mol. The number of amides is 1. The summed E-state index contributed by atoms with van der Waals surface area (Å²) >= 11 is 1.54. The number of anilines is 1. The topological polar surface area (TPSA) is 86.0 Å². The Hall–Kier alpha value is -3.00. The van der Waals surface area contributed by atoms with E-state index in [1.165, 1.54) is 35.2 Å². The Morgan fingerprint density at radius 1 is 1.21 bits per heavy atom. The van der Waals surface area contributed by atoms with Crippen molar-refractivity contribution in [3.8, 4) is 10.6 Å². The van der Waals surface area contributed by atoms with Crippen LogP contribution in [0.2, 0.25) is 0 Å². The summed E-state index contributed by atoms with van der Waals surface area (Å²) in [4.78, 5) is 39.5. The summed E-state index contributed by atoms with van der Waals surface area (Å²) in [6, 6.07) is 8.54. The van der Waals surface area contributed by atoms with Crippen molar-refractivity contribution in [3.63, 3.8) is 0 Å². The summed E-state index contributed by atoms with van der Waals surface area (Å²) in [5.41, 5.74) is 0.654. The lowest BCUT2D eigenvalue weighted by molar-refractivity contribution is -0.116. The molecule has 0 bridgehead atoms. The van der Waals surface area contributed by atoms with E-state index in [-0.39, 0.29) is 12.5 Å². The minimum atomic E-state index is -0.531. The fraction of sp³-hybridized carbons (Fsp3) is 0.125. The van der Waals surface area contributed by atoms with Crippen molar-refractivity contribution in [2.45, 2.75) is 6.54 Å². The van der Waals surface area contributed by atoms with Crippen LogP contribution in [0.25, 0.3) is 10.6 Å². The van der Waals surface area contributed by atoms with E-state index in [4.69, 9.17) is 0 Å². The number of nitrogens with zero attached hydrogens (tertiary/aromatic N) is 3. The van der Waals surface area contributed by atoms with E-state index in [0.717, 1.165) is 15.1 Å². The molecule has 0 aliphatic rings. The first kappa shape index (κ1) is 15.9. The van der Waals surface area contributed by atoms with Gasteiger partial charge in [-0.15, -0.1) is 11.3 Å². The average molecular weight is 342 g/mol. The molecular formula is C16H14N4O3S. The van der Waals surface area contributed by atoms with E-state index in [1.54, 1.807) is 18.3 Å². The SMILES string of the molecule is Cn1c(=O)ccn(CC(=O)Nc2ccc(-c3nccs3)cc2)c1=O. The number of aromatic nitrogens is 3. The molecule has 0 atom stereocenters. The second-order valence-corrected chi connectivity index (χ2v) is 5.98. The molecule has 3 aromatic rings. The van der Waals surface area contributed by atoms with Crippen LogP contribution in [0.3, 0.4) is 0 Å². The molecule has 1 amide bonds. The molecule has 3 rings (SSSR count). The minimum absolute atomic E-state index is 0.165. The van der Waals surface area contributed by atoms with Gasteiger partial charge in [0.25, 0.3) is 5.56 Å². The van der Waals surface area contributed by atoms with E-state index < -0.39 is 11.2 Å². The fourth-order valence-corrected chi connectivity index (χ4v) is 2.80. The third-order valence-electron chi connectivity index (χ3n) is 3.42. The summed E-state index contributed by atoms with van der Waals surface area (Å²) in [5.74, 6) is -0.349. The Balaban J connectivity index is 1.70. The van der Waals surface area contributed by atoms with Crippen molar-refractivity contribution < 1.29 is 4.79 Å². The highest BCUT2D eigenvalue weighted by atomic mass is 32.1. The maximum absolute atomic E-state index is 12.1. The molecule has 1 N–H and O–H groups in total. The van der Waals surface area contributed by atoms with Crippen LogP contribution in [0, 0.1) is 0 Å². The maximum atomic E-state index is 12.1. The van der Waals surface area contributed by atoms with E-state index in [9.17, 15) is 14.4 Å². The molecule has 0 saturated heterocycles. The largest absolute Gasteiger partial charge is 0.331 e. The third kappa shape index (κ3) is 3.33. The van der Waals surface area contributed by atoms with Crippen LogP contribution >= 0.6 is 11.3 Å². The summed E-state index contributed by atoms with van der Waals surface area (Å²) in [7, 11) is 1.37. The van der Waals surface area contributed by atoms with Crippen molar-refractivity contribution in [3.05, 3.63) is 68.9 Å². The van der Waals surface area contributed by atoms with Crippen LogP contribution in [0.1, 0.15) is 0 Å². The monoisotopic (exact) mass is 342 g/mol. The summed E-state index contributed by atoms with van der Waals surface area (Å²) in [5, 5.41) is 5.53. The van der Waals surface area contributed by atoms with Gasteiger partial charge in [0.1, 0.15) is 11.6 Å². The second-order valence-electron chi connectivity index (χ2n) is 5.09. The van der Waals surface area contributed by atoms with Gasteiger partial charge in [-0.1, -0.05) is 0 Å². The highest BCUT2D eigenvalue weighted by molar-refractivity contribution is 7.13. The van der Waals surface area contributed by atoms with Gasteiger partial charge < -0.3 is 5.32 Å². The molecule has 8 heteroatoms. The Bertz CT molecular complexity index is 972. The van der Waals surface area contributed by atoms with Crippen molar-refractivity contribution in [1.82, 2.24) is 14.1 Å². The van der Waals surface area contributed by atoms with Crippen molar-refractivity contribution in [1.29, 1.82) is 0 Å². The van der Waals surface area contributed by atoms with Gasteiger partial charge in [-0.25, -0.2) is 9.78 Å². The number of hydrogen-bond donors (Lipinski definition) is 1. The predicted molar refractivity (Wildman–Crippen MR) is 92.1 cm³/mol. The Kier molecular flexibility index (Phi) is 4.39. The first-order chi connectivity index (χ1) is 11.5. The van der Waals surface area contributed by atoms with Gasteiger partial charge in [0.05, 0.1) is 0 Å². The van der Waals surface area contributed by atoms with E-state index in [0.29, 0.717) is 5.69 Å². The normalized spacial score (nSPS) is 10.5. The highest BCUT2D eigenvalue weighted by Crippen LogP contribution is 2.23. The number of carbonyl (C=O) groups excluding carboxylic acids is 1. The average Bonchev–Trinajstić information content (AvgIpc) is 3.11. The van der Waals surface area contributed by atoms with Crippen molar-refractivity contribution in [2.75, 3.05) is 5.32 Å². The van der Waals surface area contributed by atoms with Crippen LogP contribution in [0.15, 0.2) is 57.7 Å². The fourth-order valence-electron chi connectivity index (χ4n) is 2.15. The van der Waals surface area contributed by atoms with Gasteiger partial charge in [0.15, 0.2) is 0 Å². The molecule has 0 aliphatic carbocycles. The van der Waals surface area contributed by atoms with Gasteiger partial charge in [0, 0.05) is 42.1 Å². The van der Waals surface area contributed by atoms with Crippen LogP contribution in [0.4, 0.5) is 5.69 Å². The zero-order valence-electron chi connectivity index (χ0n) is 12.8. The van der Waals surface area contributed by atoms with Crippen molar-refractivity contribution >= 4 is 22.9 Å². The maximum Gasteiger partial charge on any atom is 0.331 e. The molecule has 0 fully saturated rings. The lowest BCUT2D eigenvalue weighted by atomic mass is 10.2. The minimum Gasteiger partial charge on any atom is -0.325 e. The molecule has 24 heavy (non-hydrogen) atoms. The molecule has 0 unspecified atom stereocenters. The molecule has 0 saturated carbocycles. The highest BCUT2D eigenvalue weighted by Gasteiger charge is 2.08. The predicted octanol–water partition coefficient (Wildman–Crippen LogP) is 1.31. The first-order valence-corrected chi connectivity index (χ1v) is 7.99. The number of benzene rings is 1. The number of rotatable bonds is 4. The number of carbonyl (C=O) groups is 1. The second kappa shape index (κ2) is 6.63. The van der Waals surface area contributed by atoms with E-state index >= 15 is 0 Å². The van der Waals surface area contributed by atoms with Crippen LogP contribution in [0.5, 0.6) is 0 Å².